The van der Waals surface area contributed by atoms with Crippen LogP contribution in [0.25, 0.3) is 11.4 Å². The molecule has 5 heteroatoms. The highest BCUT2D eigenvalue weighted by atomic mass is 16.5. The highest BCUT2D eigenvalue weighted by Gasteiger charge is 2.30. The first kappa shape index (κ1) is 13.8. The number of aromatic nitrogens is 2. The van der Waals surface area contributed by atoms with Crippen LogP contribution in [-0.4, -0.2) is 46.1 Å². The molecule has 2 aromatic rings. The molecule has 1 N–H and O–H groups in total. The minimum Gasteiger partial charge on any atom is -0.372 e. The van der Waals surface area contributed by atoms with E-state index in [2.05, 4.69) is 9.97 Å². The maximum Gasteiger partial charge on any atom is 0.254 e. The van der Waals surface area contributed by atoms with Crippen LogP contribution in [0.15, 0.2) is 36.7 Å². The second-order valence-electron chi connectivity index (χ2n) is 5.85. The second kappa shape index (κ2) is 5.33. The first-order chi connectivity index (χ1) is 10.1. The third kappa shape index (κ3) is 2.97. The Bertz CT molecular complexity index is 635. The van der Waals surface area contributed by atoms with E-state index in [4.69, 9.17) is 4.74 Å². The third-order valence-corrected chi connectivity index (χ3v) is 3.59. The predicted molar refractivity (Wildman–Crippen MR) is 80.0 cm³/mol. The second-order valence-corrected chi connectivity index (χ2v) is 5.85. The SMILES string of the molecule is CC1(C)CN(C(=O)c2cccc(-c3ncc[nH]3)c2)CCO1. The van der Waals surface area contributed by atoms with Gasteiger partial charge in [-0.05, 0) is 26.0 Å². The summed E-state index contributed by atoms with van der Waals surface area (Å²) in [5.74, 6) is 0.812. The number of aromatic amines is 1. The summed E-state index contributed by atoms with van der Waals surface area (Å²) in [7, 11) is 0. The van der Waals surface area contributed by atoms with Crippen LogP contribution in [0.4, 0.5) is 0 Å². The Morgan fingerprint density at radius 1 is 1.43 bits per heavy atom. The molecule has 1 aromatic heterocycles. The van der Waals surface area contributed by atoms with Crippen LogP contribution in [0.3, 0.4) is 0 Å². The molecule has 0 radical (unpaired) electrons. The largest absolute Gasteiger partial charge is 0.372 e. The van der Waals surface area contributed by atoms with E-state index >= 15 is 0 Å². The van der Waals surface area contributed by atoms with Crippen molar-refractivity contribution in [3.8, 4) is 11.4 Å². The van der Waals surface area contributed by atoms with E-state index in [1.165, 1.54) is 0 Å². The van der Waals surface area contributed by atoms with Gasteiger partial charge in [0, 0.05) is 36.6 Å². The maximum absolute atomic E-state index is 12.6. The van der Waals surface area contributed by atoms with Gasteiger partial charge in [-0.3, -0.25) is 4.79 Å². The Hall–Kier alpha value is -2.14. The summed E-state index contributed by atoms with van der Waals surface area (Å²) in [6.07, 6.45) is 3.47. The molecule has 110 valence electrons. The standard InChI is InChI=1S/C16H19N3O2/c1-16(2)11-19(8-9-21-16)15(20)13-5-3-4-12(10-13)14-17-6-7-18-14/h3-7,10H,8-9,11H2,1-2H3,(H,17,18). The van der Waals surface area contributed by atoms with Crippen molar-refractivity contribution in [1.29, 1.82) is 0 Å². The number of nitrogens with zero attached hydrogens (tertiary/aromatic N) is 2. The quantitative estimate of drug-likeness (QED) is 0.921. The molecule has 21 heavy (non-hydrogen) atoms. The lowest BCUT2D eigenvalue weighted by Crippen LogP contribution is -2.50. The van der Waals surface area contributed by atoms with E-state index < -0.39 is 0 Å². The Morgan fingerprint density at radius 2 is 2.29 bits per heavy atom. The number of ether oxygens (including phenoxy) is 1. The average molecular weight is 285 g/mol. The van der Waals surface area contributed by atoms with Crippen LogP contribution in [0, 0.1) is 0 Å². The number of hydrogen-bond donors (Lipinski definition) is 1. The Morgan fingerprint density at radius 3 is 3.00 bits per heavy atom. The Labute approximate surface area is 124 Å². The van der Waals surface area contributed by atoms with Gasteiger partial charge in [-0.15, -0.1) is 0 Å². The minimum atomic E-state index is -0.285. The summed E-state index contributed by atoms with van der Waals surface area (Å²) in [5, 5.41) is 0. The molecule has 1 amide bonds. The molecule has 5 nitrogen and oxygen atoms in total. The first-order valence-electron chi connectivity index (χ1n) is 7.08. The van der Waals surface area contributed by atoms with Crippen LogP contribution in [0.5, 0.6) is 0 Å². The van der Waals surface area contributed by atoms with Crippen LogP contribution >= 0.6 is 0 Å². The van der Waals surface area contributed by atoms with Crippen LogP contribution in [-0.2, 0) is 4.74 Å². The van der Waals surface area contributed by atoms with E-state index in [9.17, 15) is 4.79 Å². The molecule has 0 bridgehead atoms. The van der Waals surface area contributed by atoms with Crippen molar-refractivity contribution in [3.63, 3.8) is 0 Å². The van der Waals surface area contributed by atoms with Crippen LogP contribution in [0.1, 0.15) is 24.2 Å². The molecule has 0 atom stereocenters. The van der Waals surface area contributed by atoms with Crippen molar-refractivity contribution >= 4 is 5.91 Å². The minimum absolute atomic E-state index is 0.0415. The van der Waals surface area contributed by atoms with E-state index in [0.29, 0.717) is 25.3 Å². The van der Waals surface area contributed by atoms with Gasteiger partial charge >= 0.3 is 0 Å². The Kier molecular flexibility index (Phi) is 3.51. The lowest BCUT2D eigenvalue weighted by atomic mass is 10.1. The van der Waals surface area contributed by atoms with Crippen LogP contribution in [0.2, 0.25) is 0 Å². The highest BCUT2D eigenvalue weighted by molar-refractivity contribution is 5.95. The summed E-state index contributed by atoms with van der Waals surface area (Å²) in [6.45, 7) is 5.83. The van der Waals surface area contributed by atoms with Gasteiger partial charge in [0.1, 0.15) is 5.82 Å². The fraction of sp³-hybridized carbons (Fsp3) is 0.375. The summed E-state index contributed by atoms with van der Waals surface area (Å²) >= 11 is 0. The predicted octanol–water partition coefficient (Wildman–Crippen LogP) is 2.33. The fourth-order valence-electron chi connectivity index (χ4n) is 2.60. The first-order valence-corrected chi connectivity index (χ1v) is 7.08. The number of benzene rings is 1. The number of morpholine rings is 1. The van der Waals surface area contributed by atoms with E-state index in [0.717, 1.165) is 11.4 Å². The van der Waals surface area contributed by atoms with Gasteiger partial charge in [0.25, 0.3) is 5.91 Å². The molecule has 1 aromatic carbocycles. The number of nitrogens with one attached hydrogen (secondary N) is 1. The number of amides is 1. The number of carbonyl (C=O) groups is 1. The van der Waals surface area contributed by atoms with E-state index in [1.807, 2.05) is 43.0 Å². The molecular weight excluding hydrogens is 266 g/mol. The van der Waals surface area contributed by atoms with Crippen molar-refractivity contribution in [2.75, 3.05) is 19.7 Å². The smallest absolute Gasteiger partial charge is 0.254 e. The number of rotatable bonds is 2. The average Bonchev–Trinajstić information content (AvgIpc) is 3.00. The molecule has 1 fully saturated rings. The molecule has 1 saturated heterocycles. The van der Waals surface area contributed by atoms with Gasteiger partial charge in [0.2, 0.25) is 0 Å². The Balaban J connectivity index is 1.83. The monoisotopic (exact) mass is 285 g/mol. The van der Waals surface area contributed by atoms with Gasteiger partial charge in [-0.25, -0.2) is 4.98 Å². The number of imidazole rings is 1. The van der Waals surface area contributed by atoms with E-state index in [-0.39, 0.29) is 11.5 Å². The molecule has 0 saturated carbocycles. The molecule has 1 aliphatic heterocycles. The fourth-order valence-corrected chi connectivity index (χ4v) is 2.60. The van der Waals surface area contributed by atoms with Crippen molar-refractivity contribution in [1.82, 2.24) is 14.9 Å². The zero-order valence-corrected chi connectivity index (χ0v) is 12.3. The molecule has 1 aliphatic rings. The van der Waals surface area contributed by atoms with Gasteiger partial charge in [-0.1, -0.05) is 12.1 Å². The van der Waals surface area contributed by atoms with Gasteiger partial charge in [0.15, 0.2) is 0 Å². The number of H-pyrrole nitrogens is 1. The maximum atomic E-state index is 12.6. The van der Waals surface area contributed by atoms with Gasteiger partial charge in [0.05, 0.1) is 12.2 Å². The molecular formula is C16H19N3O2. The molecule has 0 aliphatic carbocycles. The lowest BCUT2D eigenvalue weighted by Gasteiger charge is -2.38. The summed E-state index contributed by atoms with van der Waals surface area (Å²) in [4.78, 5) is 21.8. The van der Waals surface area contributed by atoms with Gasteiger partial charge in [-0.2, -0.15) is 0 Å². The van der Waals surface area contributed by atoms with Crippen molar-refractivity contribution in [2.24, 2.45) is 0 Å². The third-order valence-electron chi connectivity index (χ3n) is 3.59. The lowest BCUT2D eigenvalue weighted by molar-refractivity contribution is -0.0764. The molecule has 0 unspecified atom stereocenters. The normalized spacial score (nSPS) is 17.7. The number of hydrogen-bond acceptors (Lipinski definition) is 3. The van der Waals surface area contributed by atoms with Crippen molar-refractivity contribution in [2.45, 2.75) is 19.4 Å². The number of carbonyl (C=O) groups excluding carboxylic acids is 1. The zero-order chi connectivity index (χ0) is 14.9. The van der Waals surface area contributed by atoms with E-state index in [1.54, 1.807) is 12.4 Å². The molecule has 2 heterocycles. The van der Waals surface area contributed by atoms with Crippen molar-refractivity contribution in [3.05, 3.63) is 42.2 Å². The van der Waals surface area contributed by atoms with Crippen LogP contribution < -0.4 is 0 Å². The van der Waals surface area contributed by atoms with Crippen molar-refractivity contribution < 1.29 is 9.53 Å². The molecule has 0 spiro atoms. The molecule has 3 rings (SSSR count). The van der Waals surface area contributed by atoms with Gasteiger partial charge < -0.3 is 14.6 Å². The summed E-state index contributed by atoms with van der Waals surface area (Å²) < 4.78 is 5.66. The summed E-state index contributed by atoms with van der Waals surface area (Å²) in [6, 6.07) is 7.55. The topological polar surface area (TPSA) is 58.2 Å². The highest BCUT2D eigenvalue weighted by Crippen LogP contribution is 2.21. The summed E-state index contributed by atoms with van der Waals surface area (Å²) in [5.41, 5.74) is 1.31. The zero-order valence-electron chi connectivity index (χ0n) is 12.3.